The van der Waals surface area contributed by atoms with E-state index in [4.69, 9.17) is 4.74 Å². The van der Waals surface area contributed by atoms with Crippen LogP contribution in [0.2, 0.25) is 0 Å². The normalized spacial score (nSPS) is 26.0. The summed E-state index contributed by atoms with van der Waals surface area (Å²) in [7, 11) is 1.28. The molecule has 10 heteroatoms. The minimum Gasteiger partial charge on any atom is -0.494 e. The molecule has 1 unspecified atom stereocenters. The number of hydrogen-bond acceptors (Lipinski definition) is 4. The lowest BCUT2D eigenvalue weighted by molar-refractivity contribution is -0.384. The fourth-order valence-electron chi connectivity index (χ4n) is 4.85. The van der Waals surface area contributed by atoms with Crippen LogP contribution in [-0.4, -0.2) is 49.8 Å². The molecule has 168 valence electrons. The van der Waals surface area contributed by atoms with Gasteiger partial charge in [0, 0.05) is 36.1 Å². The Morgan fingerprint density at radius 2 is 2.00 bits per heavy atom. The number of aliphatic carboxylic acids is 1. The number of ether oxygens (including phenoxy) is 1. The molecule has 1 aromatic rings. The van der Waals surface area contributed by atoms with Gasteiger partial charge < -0.3 is 20.5 Å². The molecule has 6 nitrogen and oxygen atoms in total. The van der Waals surface area contributed by atoms with Gasteiger partial charge in [-0.1, -0.05) is 6.08 Å². The minimum atomic E-state index is -4.44. The molecule has 0 radical (unpaired) electrons. The predicted octanol–water partition coefficient (Wildman–Crippen LogP) is 2.39. The number of carbonyl (C=O) groups excluding carboxylic acids is 1. The number of halogens is 4. The molecule has 3 aliphatic rings. The van der Waals surface area contributed by atoms with E-state index in [0.717, 1.165) is 18.9 Å². The molecule has 4 N–H and O–H groups in total. The Bertz CT molecular complexity index is 971. The SMILES string of the molecule is COc1c2c(cc(F)c1N1C[C@@H](C[NH3+])[C@H](C(F)(F)F)C1)C(=O)C(C(=O)O)=CC2C1CC1. The monoisotopic (exact) mass is 443 g/mol. The summed E-state index contributed by atoms with van der Waals surface area (Å²) < 4.78 is 61.2. The van der Waals surface area contributed by atoms with Crippen molar-refractivity contribution in [1.82, 2.24) is 0 Å². The van der Waals surface area contributed by atoms with E-state index < -0.39 is 53.6 Å². The third-order valence-electron chi connectivity index (χ3n) is 6.53. The quantitative estimate of drug-likeness (QED) is 0.539. The summed E-state index contributed by atoms with van der Waals surface area (Å²) in [5.41, 5.74) is 3.33. The number of allylic oxidation sites excluding steroid dienone is 1. The van der Waals surface area contributed by atoms with Crippen molar-refractivity contribution in [2.24, 2.45) is 17.8 Å². The molecule has 3 atom stereocenters. The number of quaternary nitrogens is 1. The van der Waals surface area contributed by atoms with Gasteiger partial charge in [-0.3, -0.25) is 4.79 Å². The van der Waals surface area contributed by atoms with Crippen LogP contribution >= 0.6 is 0 Å². The summed E-state index contributed by atoms with van der Waals surface area (Å²) in [5, 5.41) is 9.40. The van der Waals surface area contributed by atoms with Crippen molar-refractivity contribution in [2.75, 3.05) is 31.6 Å². The first-order valence-corrected chi connectivity index (χ1v) is 10.1. The molecule has 2 aliphatic carbocycles. The van der Waals surface area contributed by atoms with Gasteiger partial charge in [-0.15, -0.1) is 0 Å². The van der Waals surface area contributed by atoms with Gasteiger partial charge >= 0.3 is 12.1 Å². The van der Waals surface area contributed by atoms with E-state index in [0.29, 0.717) is 5.56 Å². The molecule has 31 heavy (non-hydrogen) atoms. The Morgan fingerprint density at radius 3 is 2.48 bits per heavy atom. The number of hydrogen-bond donors (Lipinski definition) is 2. The lowest BCUT2D eigenvalue weighted by Gasteiger charge is -2.30. The van der Waals surface area contributed by atoms with Crippen molar-refractivity contribution >= 4 is 17.4 Å². The lowest BCUT2D eigenvalue weighted by Crippen LogP contribution is -2.56. The average molecular weight is 443 g/mol. The van der Waals surface area contributed by atoms with Crippen LogP contribution in [0.5, 0.6) is 5.75 Å². The van der Waals surface area contributed by atoms with Gasteiger partial charge in [0.1, 0.15) is 17.0 Å². The first kappa shape index (κ1) is 21.6. The molecule has 0 spiro atoms. The smallest absolute Gasteiger partial charge is 0.394 e. The van der Waals surface area contributed by atoms with Gasteiger partial charge in [-0.25, -0.2) is 9.18 Å². The fourth-order valence-corrected chi connectivity index (χ4v) is 4.85. The number of nitrogens with zero attached hydrogens (tertiary/aromatic N) is 1. The zero-order valence-electron chi connectivity index (χ0n) is 16.8. The second-order valence-corrected chi connectivity index (χ2v) is 8.38. The van der Waals surface area contributed by atoms with E-state index in [1.165, 1.54) is 18.1 Å². The summed E-state index contributed by atoms with van der Waals surface area (Å²) in [6.45, 7) is -0.435. The summed E-state index contributed by atoms with van der Waals surface area (Å²) in [5.74, 6) is -5.96. The molecule has 2 fully saturated rings. The zero-order valence-corrected chi connectivity index (χ0v) is 16.8. The van der Waals surface area contributed by atoms with E-state index in [2.05, 4.69) is 5.73 Å². The van der Waals surface area contributed by atoms with E-state index in [9.17, 15) is 27.9 Å². The molecule has 1 aromatic carbocycles. The van der Waals surface area contributed by atoms with Gasteiger partial charge in [0.25, 0.3) is 0 Å². The van der Waals surface area contributed by atoms with Crippen molar-refractivity contribution in [3.8, 4) is 5.75 Å². The number of benzene rings is 1. The highest BCUT2D eigenvalue weighted by atomic mass is 19.4. The molecular formula is C21H23F4N2O4+. The van der Waals surface area contributed by atoms with Crippen molar-refractivity contribution in [3.63, 3.8) is 0 Å². The highest BCUT2D eigenvalue weighted by Gasteiger charge is 2.51. The third kappa shape index (κ3) is 3.56. The van der Waals surface area contributed by atoms with E-state index in [1.807, 2.05) is 0 Å². The summed E-state index contributed by atoms with van der Waals surface area (Å²) >= 11 is 0. The lowest BCUT2D eigenvalue weighted by atomic mass is 9.79. The van der Waals surface area contributed by atoms with Crippen LogP contribution in [0.1, 0.15) is 34.7 Å². The van der Waals surface area contributed by atoms with Crippen molar-refractivity contribution < 1.29 is 42.7 Å². The number of anilines is 1. The molecule has 4 rings (SSSR count). The van der Waals surface area contributed by atoms with Crippen LogP contribution in [0, 0.1) is 23.6 Å². The van der Waals surface area contributed by atoms with Crippen LogP contribution < -0.4 is 15.4 Å². The Balaban J connectivity index is 1.85. The number of carbonyl (C=O) groups is 2. The van der Waals surface area contributed by atoms with Crippen LogP contribution in [0.4, 0.5) is 23.2 Å². The summed E-state index contributed by atoms with van der Waals surface area (Å²) in [6, 6.07) is 0.945. The Morgan fingerprint density at radius 1 is 1.32 bits per heavy atom. The highest BCUT2D eigenvalue weighted by Crippen LogP contribution is 2.53. The average Bonchev–Trinajstić information content (AvgIpc) is 3.44. The highest BCUT2D eigenvalue weighted by molar-refractivity contribution is 6.25. The summed E-state index contributed by atoms with van der Waals surface area (Å²) in [4.78, 5) is 25.6. The topological polar surface area (TPSA) is 94.5 Å². The largest absolute Gasteiger partial charge is 0.494 e. The van der Waals surface area contributed by atoms with E-state index >= 15 is 4.39 Å². The first-order valence-electron chi connectivity index (χ1n) is 10.1. The molecule has 0 aromatic heterocycles. The number of ketones is 1. The zero-order chi connectivity index (χ0) is 22.7. The predicted molar refractivity (Wildman–Crippen MR) is 101 cm³/mol. The maximum Gasteiger partial charge on any atom is 0.394 e. The van der Waals surface area contributed by atoms with Gasteiger partial charge in [-0.2, -0.15) is 13.2 Å². The van der Waals surface area contributed by atoms with Gasteiger partial charge in [0.15, 0.2) is 5.82 Å². The van der Waals surface area contributed by atoms with Gasteiger partial charge in [0.2, 0.25) is 5.78 Å². The Labute approximate surface area is 175 Å². The van der Waals surface area contributed by atoms with Gasteiger partial charge in [0.05, 0.1) is 19.6 Å². The molecule has 0 bridgehead atoms. The first-order chi connectivity index (χ1) is 14.6. The van der Waals surface area contributed by atoms with Crippen LogP contribution in [0.25, 0.3) is 0 Å². The number of carboxylic acids is 1. The molecule has 0 amide bonds. The number of carboxylic acid groups (broad SMARTS) is 1. The van der Waals surface area contributed by atoms with Crippen LogP contribution in [-0.2, 0) is 4.79 Å². The minimum absolute atomic E-state index is 0.00609. The Hall–Kier alpha value is -2.62. The standard InChI is InChI=1S/C21H22F4N2O4/c1-31-19-16-11(9-2-3-9)4-13(20(29)30)18(28)12(16)5-15(22)17(19)27-7-10(6-26)14(8-27)21(23,24)25/h4-5,9-11,14H,2-3,6-8,26H2,1H3,(H,29,30)/p+1/t10-,11?,14-/m1/s1. The number of fused-ring (bicyclic) bond motifs is 1. The molecule has 1 saturated heterocycles. The molecule has 1 heterocycles. The van der Waals surface area contributed by atoms with Gasteiger partial charge in [-0.05, 0) is 24.8 Å². The van der Waals surface area contributed by atoms with E-state index in [1.54, 1.807) is 0 Å². The number of alkyl halides is 3. The maximum absolute atomic E-state index is 15.2. The second kappa shape index (κ2) is 7.51. The van der Waals surface area contributed by atoms with Crippen molar-refractivity contribution in [2.45, 2.75) is 24.9 Å². The van der Waals surface area contributed by atoms with Crippen LogP contribution in [0.3, 0.4) is 0 Å². The number of Topliss-reactive ketones (excluding diaryl/α,β-unsaturated/α-hetero) is 1. The number of methoxy groups -OCH3 is 1. The Kier molecular flexibility index (Phi) is 5.23. The van der Waals surface area contributed by atoms with E-state index in [-0.39, 0.29) is 36.0 Å². The molecular weight excluding hydrogens is 420 g/mol. The van der Waals surface area contributed by atoms with Crippen molar-refractivity contribution in [1.29, 1.82) is 0 Å². The fraction of sp³-hybridized carbons (Fsp3) is 0.524. The molecule has 1 saturated carbocycles. The second-order valence-electron chi connectivity index (χ2n) is 8.38. The van der Waals surface area contributed by atoms with Crippen LogP contribution in [0.15, 0.2) is 17.7 Å². The van der Waals surface area contributed by atoms with Crippen molar-refractivity contribution in [3.05, 3.63) is 34.7 Å². The molecule has 1 aliphatic heterocycles. The maximum atomic E-state index is 15.2. The number of rotatable bonds is 5. The summed E-state index contributed by atoms with van der Waals surface area (Å²) in [6.07, 6.45) is -1.46. The third-order valence-corrected chi connectivity index (χ3v) is 6.53.